The SMILES string of the molecule is C=Cc1c2c(c3ccccc3c1C=C)B1c3ccc(N(c4ccc(-c5ccccc5)cc4)c4ccc5oc6ccccc6c5c4)cc3Oc3cccc(c31)N2C(/C=C\CC)=C/C. The lowest BCUT2D eigenvalue weighted by atomic mass is 9.33. The Labute approximate surface area is 362 Å². The minimum atomic E-state index is -0.117. The van der Waals surface area contributed by atoms with Crippen molar-refractivity contribution >= 4 is 96.4 Å². The first-order valence-corrected chi connectivity index (χ1v) is 21.4. The largest absolute Gasteiger partial charge is 0.458 e. The zero-order valence-corrected chi connectivity index (χ0v) is 34.8. The van der Waals surface area contributed by atoms with E-state index in [0.717, 1.165) is 107 Å². The molecule has 0 N–H and O–H groups in total. The highest BCUT2D eigenvalue weighted by Gasteiger charge is 2.44. The molecule has 0 radical (unpaired) electrons. The van der Waals surface area contributed by atoms with E-state index in [2.05, 4.69) is 201 Å². The van der Waals surface area contributed by atoms with Gasteiger partial charge in [0, 0.05) is 56.5 Å². The van der Waals surface area contributed by atoms with Crippen LogP contribution < -0.4 is 30.9 Å². The van der Waals surface area contributed by atoms with Crippen LogP contribution in [-0.2, 0) is 0 Å². The number of fused-ring (bicyclic) bond motifs is 9. The monoisotopic (exact) mass is 798 g/mol. The third kappa shape index (κ3) is 5.77. The van der Waals surface area contributed by atoms with Crippen LogP contribution in [-0.4, -0.2) is 6.71 Å². The Morgan fingerprint density at radius 3 is 2.06 bits per heavy atom. The number of anilines is 5. The molecule has 2 aliphatic rings. The van der Waals surface area contributed by atoms with E-state index in [1.807, 2.05) is 24.3 Å². The second-order valence-corrected chi connectivity index (χ2v) is 15.9. The molecule has 0 spiro atoms. The number of benzene rings is 8. The van der Waals surface area contributed by atoms with Crippen molar-refractivity contribution in [2.24, 2.45) is 0 Å². The normalized spacial score (nSPS) is 13.0. The molecule has 296 valence electrons. The third-order valence-electron chi connectivity index (χ3n) is 12.5. The van der Waals surface area contributed by atoms with Crippen LogP contribution >= 0.6 is 0 Å². The van der Waals surface area contributed by atoms with E-state index in [-0.39, 0.29) is 6.71 Å². The number of para-hydroxylation sites is 1. The molecule has 4 nitrogen and oxygen atoms in total. The lowest BCUT2D eigenvalue weighted by Gasteiger charge is -2.42. The van der Waals surface area contributed by atoms with E-state index in [4.69, 9.17) is 9.15 Å². The highest BCUT2D eigenvalue weighted by Crippen LogP contribution is 2.46. The smallest absolute Gasteiger partial charge is 0.257 e. The first kappa shape index (κ1) is 37.3. The molecule has 0 saturated carbocycles. The number of allylic oxidation sites excluding steroid dienone is 3. The van der Waals surface area contributed by atoms with Gasteiger partial charge in [-0.25, -0.2) is 0 Å². The van der Waals surface area contributed by atoms with E-state index in [0.29, 0.717) is 0 Å². The van der Waals surface area contributed by atoms with Gasteiger partial charge in [-0.2, -0.15) is 0 Å². The van der Waals surface area contributed by atoms with Crippen molar-refractivity contribution in [1.82, 2.24) is 0 Å². The Morgan fingerprint density at radius 1 is 0.613 bits per heavy atom. The molecule has 1 aromatic heterocycles. The second-order valence-electron chi connectivity index (χ2n) is 15.9. The molecule has 62 heavy (non-hydrogen) atoms. The summed E-state index contributed by atoms with van der Waals surface area (Å²) < 4.78 is 13.4. The van der Waals surface area contributed by atoms with Crippen LogP contribution in [0.15, 0.2) is 199 Å². The summed E-state index contributed by atoms with van der Waals surface area (Å²) in [7, 11) is 0. The van der Waals surface area contributed by atoms with Gasteiger partial charge in [0.1, 0.15) is 22.7 Å². The molecule has 9 aromatic rings. The summed E-state index contributed by atoms with van der Waals surface area (Å²) in [5.74, 6) is 1.68. The van der Waals surface area contributed by atoms with Crippen LogP contribution in [0.5, 0.6) is 11.5 Å². The first-order valence-electron chi connectivity index (χ1n) is 21.4. The fourth-order valence-corrected chi connectivity index (χ4v) is 9.79. The van der Waals surface area contributed by atoms with Crippen molar-refractivity contribution in [3.8, 4) is 22.6 Å². The predicted octanol–water partition coefficient (Wildman–Crippen LogP) is 14.1. The van der Waals surface area contributed by atoms with Crippen molar-refractivity contribution in [1.29, 1.82) is 0 Å². The highest BCUT2D eigenvalue weighted by molar-refractivity contribution is 7.00. The Morgan fingerprint density at radius 2 is 1.29 bits per heavy atom. The topological polar surface area (TPSA) is 28.9 Å². The Bertz CT molecular complexity index is 3320. The van der Waals surface area contributed by atoms with E-state index in [1.165, 1.54) is 16.4 Å². The molecule has 11 rings (SSSR count). The van der Waals surface area contributed by atoms with E-state index in [1.54, 1.807) is 0 Å². The van der Waals surface area contributed by atoms with Crippen LogP contribution in [0.1, 0.15) is 31.4 Å². The number of hydrogen-bond acceptors (Lipinski definition) is 4. The summed E-state index contributed by atoms with van der Waals surface area (Å²) in [4.78, 5) is 4.73. The lowest BCUT2D eigenvalue weighted by molar-refractivity contribution is 0.487. The molecule has 0 aliphatic carbocycles. The molecule has 0 bridgehead atoms. The van der Waals surface area contributed by atoms with Crippen LogP contribution in [0.4, 0.5) is 28.4 Å². The van der Waals surface area contributed by atoms with Crippen molar-refractivity contribution in [2.75, 3.05) is 9.80 Å². The van der Waals surface area contributed by atoms with Crippen molar-refractivity contribution in [3.05, 3.63) is 206 Å². The van der Waals surface area contributed by atoms with Gasteiger partial charge in [-0.05, 0) is 118 Å². The molecule has 0 unspecified atom stereocenters. The van der Waals surface area contributed by atoms with Gasteiger partial charge >= 0.3 is 0 Å². The predicted molar refractivity (Wildman–Crippen MR) is 264 cm³/mol. The van der Waals surface area contributed by atoms with E-state index in [9.17, 15) is 0 Å². The maximum absolute atomic E-state index is 7.11. The molecule has 2 aliphatic heterocycles. The van der Waals surface area contributed by atoms with E-state index < -0.39 is 0 Å². The lowest BCUT2D eigenvalue weighted by Crippen LogP contribution is -2.60. The van der Waals surface area contributed by atoms with Gasteiger partial charge in [-0.15, -0.1) is 0 Å². The van der Waals surface area contributed by atoms with Crippen LogP contribution in [0, 0.1) is 0 Å². The highest BCUT2D eigenvalue weighted by atomic mass is 16.5. The van der Waals surface area contributed by atoms with Crippen molar-refractivity contribution < 1.29 is 9.15 Å². The maximum Gasteiger partial charge on any atom is 0.257 e. The zero-order valence-electron chi connectivity index (χ0n) is 34.8. The molecule has 8 aromatic carbocycles. The zero-order chi connectivity index (χ0) is 41.9. The van der Waals surface area contributed by atoms with Gasteiger partial charge in [-0.3, -0.25) is 0 Å². The molecule has 3 heterocycles. The van der Waals surface area contributed by atoms with Gasteiger partial charge < -0.3 is 19.0 Å². The molecule has 0 saturated heterocycles. The van der Waals surface area contributed by atoms with Gasteiger partial charge in [0.25, 0.3) is 6.71 Å². The minimum Gasteiger partial charge on any atom is -0.458 e. The molecular formula is C57H43BN2O2. The minimum absolute atomic E-state index is 0.117. The van der Waals surface area contributed by atoms with Gasteiger partial charge in [0.15, 0.2) is 0 Å². The Hall–Kier alpha value is -7.76. The molecular weight excluding hydrogens is 755 g/mol. The Balaban J connectivity index is 1.14. The number of ether oxygens (including phenoxy) is 1. The van der Waals surface area contributed by atoms with Gasteiger partial charge in [0.2, 0.25) is 0 Å². The maximum atomic E-state index is 7.11. The van der Waals surface area contributed by atoms with E-state index >= 15 is 0 Å². The second kappa shape index (κ2) is 15.1. The van der Waals surface area contributed by atoms with Crippen LogP contribution in [0.2, 0.25) is 0 Å². The van der Waals surface area contributed by atoms with Crippen molar-refractivity contribution in [3.63, 3.8) is 0 Å². The molecule has 0 fully saturated rings. The van der Waals surface area contributed by atoms with Crippen LogP contribution in [0.25, 0.3) is 56.0 Å². The summed E-state index contributed by atoms with van der Waals surface area (Å²) >= 11 is 0. The van der Waals surface area contributed by atoms with Crippen LogP contribution in [0.3, 0.4) is 0 Å². The number of hydrogen-bond donors (Lipinski definition) is 0. The fourth-order valence-electron chi connectivity index (χ4n) is 9.79. The Kier molecular flexibility index (Phi) is 9.05. The quantitative estimate of drug-likeness (QED) is 0.107. The average Bonchev–Trinajstić information content (AvgIpc) is 3.70. The fraction of sp³-hybridized carbons (Fsp3) is 0.0526. The number of rotatable bonds is 9. The molecule has 0 amide bonds. The number of furan rings is 1. The standard InChI is InChI=1S/C57H43BN2O2/c1-5-9-20-39(6-2)60-50-24-17-26-53-56(50)58(55-47-23-14-13-21-45(47)43(7-3)44(8-4)57(55)60)49-33-31-42(36-54(49)62-53)59(40-29-27-38(28-30-40)37-18-11-10-12-19-37)41-32-34-52-48(35-41)46-22-15-16-25-51(46)61-52/h6-36H,3-5H2,1-2H3/b20-9-,39-6+. The summed E-state index contributed by atoms with van der Waals surface area (Å²) in [5, 5.41) is 4.50. The number of nitrogens with zero attached hydrogens (tertiary/aromatic N) is 2. The first-order chi connectivity index (χ1) is 30.6. The molecule has 5 heteroatoms. The van der Waals surface area contributed by atoms with Gasteiger partial charge in [0.05, 0.1) is 0 Å². The summed E-state index contributed by atoms with van der Waals surface area (Å²) in [6.45, 7) is 12.9. The summed E-state index contributed by atoms with van der Waals surface area (Å²) in [5.41, 5.74) is 16.1. The van der Waals surface area contributed by atoms with Gasteiger partial charge in [-0.1, -0.05) is 141 Å². The molecule has 0 atom stereocenters. The van der Waals surface area contributed by atoms with Crippen molar-refractivity contribution in [2.45, 2.75) is 20.3 Å². The summed E-state index contributed by atoms with van der Waals surface area (Å²) in [6, 6.07) is 56.0. The third-order valence-corrected chi connectivity index (χ3v) is 12.5. The summed E-state index contributed by atoms with van der Waals surface area (Å²) in [6.07, 6.45) is 11.6. The average molecular weight is 799 g/mol.